The Hall–Kier alpha value is -2.07. The van der Waals surface area contributed by atoms with Crippen molar-refractivity contribution in [3.8, 4) is 0 Å². The van der Waals surface area contributed by atoms with Crippen LogP contribution in [-0.2, 0) is 16.6 Å². The molecule has 1 fully saturated rings. The second kappa shape index (κ2) is 7.89. The van der Waals surface area contributed by atoms with Crippen molar-refractivity contribution >= 4 is 27.3 Å². The number of aryl methyl sites for hydroxylation is 1. The van der Waals surface area contributed by atoms with Crippen molar-refractivity contribution in [2.24, 2.45) is 0 Å². The lowest BCUT2D eigenvalue weighted by Crippen LogP contribution is -2.48. The minimum absolute atomic E-state index is 0.00736. The second-order valence-electron chi connectivity index (χ2n) is 6.38. The van der Waals surface area contributed by atoms with E-state index in [2.05, 4.69) is 9.88 Å². The number of nitrogens with zero attached hydrogens (tertiary/aromatic N) is 4. The van der Waals surface area contributed by atoms with Crippen LogP contribution in [0.4, 0.5) is 5.69 Å². The van der Waals surface area contributed by atoms with Gasteiger partial charge in [0.2, 0.25) is 10.0 Å². The third-order valence-electron chi connectivity index (χ3n) is 4.53. The molecule has 1 aromatic carbocycles. The number of rotatable bonds is 5. The Bertz CT molecular complexity index is 942. The van der Waals surface area contributed by atoms with Crippen molar-refractivity contribution in [1.82, 2.24) is 14.2 Å². The number of hydrogen-bond donors (Lipinski definition) is 0. The molecule has 0 radical (unpaired) electrons. The van der Waals surface area contributed by atoms with Crippen LogP contribution in [0.1, 0.15) is 11.1 Å². The Kier molecular flexibility index (Phi) is 5.75. The highest BCUT2D eigenvalue weighted by Crippen LogP contribution is 2.25. The summed E-state index contributed by atoms with van der Waals surface area (Å²) < 4.78 is 27.3. The van der Waals surface area contributed by atoms with E-state index in [4.69, 9.17) is 11.6 Å². The van der Waals surface area contributed by atoms with Gasteiger partial charge in [-0.15, -0.1) is 0 Å². The normalized spacial score (nSPS) is 16.4. The molecule has 1 saturated heterocycles. The highest BCUT2D eigenvalue weighted by molar-refractivity contribution is 7.89. The second-order valence-corrected chi connectivity index (χ2v) is 8.67. The Morgan fingerprint density at radius 2 is 1.89 bits per heavy atom. The topological polar surface area (TPSA) is 96.6 Å². The van der Waals surface area contributed by atoms with E-state index >= 15 is 0 Å². The summed E-state index contributed by atoms with van der Waals surface area (Å²) in [6, 6.07) is 7.53. The molecule has 8 nitrogen and oxygen atoms in total. The summed E-state index contributed by atoms with van der Waals surface area (Å²) in [6.07, 6.45) is 1.71. The zero-order chi connectivity index (χ0) is 19.6. The fourth-order valence-corrected chi connectivity index (χ4v) is 4.78. The minimum atomic E-state index is -3.78. The summed E-state index contributed by atoms with van der Waals surface area (Å²) in [6.45, 7) is 4.08. The Morgan fingerprint density at radius 1 is 1.19 bits per heavy atom. The fraction of sp³-hybridized carbons (Fsp3) is 0.353. The molecule has 144 valence electrons. The van der Waals surface area contributed by atoms with Crippen LogP contribution in [0.3, 0.4) is 0 Å². The number of aromatic nitrogens is 1. The molecule has 1 aliphatic rings. The van der Waals surface area contributed by atoms with Crippen molar-refractivity contribution in [3.05, 3.63) is 62.9 Å². The Labute approximate surface area is 162 Å². The lowest BCUT2D eigenvalue weighted by atomic mass is 10.2. The lowest BCUT2D eigenvalue weighted by molar-refractivity contribution is -0.385. The van der Waals surface area contributed by atoms with Gasteiger partial charge in [0.25, 0.3) is 5.69 Å². The molecule has 0 unspecified atom stereocenters. The zero-order valence-corrected chi connectivity index (χ0v) is 16.3. The molecule has 0 amide bonds. The lowest BCUT2D eigenvalue weighted by Gasteiger charge is -2.34. The first-order chi connectivity index (χ1) is 12.8. The molecular weight excluding hydrogens is 392 g/mol. The van der Waals surface area contributed by atoms with Gasteiger partial charge in [0, 0.05) is 51.1 Å². The molecule has 2 aromatic rings. The van der Waals surface area contributed by atoms with E-state index < -0.39 is 14.9 Å². The first-order valence-corrected chi connectivity index (χ1v) is 10.2. The summed E-state index contributed by atoms with van der Waals surface area (Å²) in [5.41, 5.74) is 1.27. The maximum Gasteiger partial charge on any atom is 0.270 e. The van der Waals surface area contributed by atoms with Crippen LogP contribution in [0, 0.1) is 17.0 Å². The maximum absolute atomic E-state index is 12.9. The van der Waals surface area contributed by atoms with Gasteiger partial charge in [-0.1, -0.05) is 23.7 Å². The summed E-state index contributed by atoms with van der Waals surface area (Å²) in [7, 11) is -3.78. The molecule has 0 N–H and O–H groups in total. The quantitative estimate of drug-likeness (QED) is 0.426. The highest BCUT2D eigenvalue weighted by atomic mass is 35.5. The number of pyridine rings is 1. The number of halogens is 1. The van der Waals surface area contributed by atoms with Crippen LogP contribution in [0.2, 0.25) is 5.15 Å². The molecule has 1 aliphatic heterocycles. The summed E-state index contributed by atoms with van der Waals surface area (Å²) in [5.74, 6) is 0. The molecule has 2 heterocycles. The smallest absolute Gasteiger partial charge is 0.270 e. The molecular formula is C17H19ClN4O4S. The fourth-order valence-electron chi connectivity index (χ4n) is 3.01. The molecule has 0 spiro atoms. The van der Waals surface area contributed by atoms with E-state index in [-0.39, 0.29) is 10.6 Å². The van der Waals surface area contributed by atoms with Crippen molar-refractivity contribution in [2.75, 3.05) is 26.2 Å². The third-order valence-corrected chi connectivity index (χ3v) is 6.79. The van der Waals surface area contributed by atoms with Gasteiger partial charge >= 0.3 is 0 Å². The average Bonchev–Trinajstić information content (AvgIpc) is 2.64. The Morgan fingerprint density at radius 3 is 2.48 bits per heavy atom. The number of hydrogen-bond acceptors (Lipinski definition) is 6. The van der Waals surface area contributed by atoms with Gasteiger partial charge in [-0.2, -0.15) is 4.31 Å². The van der Waals surface area contributed by atoms with Crippen LogP contribution in [-0.4, -0.2) is 53.7 Å². The number of non-ortho nitro benzene ring substituents is 1. The molecule has 27 heavy (non-hydrogen) atoms. The maximum atomic E-state index is 12.9. The van der Waals surface area contributed by atoms with E-state index in [0.29, 0.717) is 43.4 Å². The van der Waals surface area contributed by atoms with Crippen LogP contribution in [0.5, 0.6) is 0 Å². The molecule has 0 saturated carbocycles. The number of benzene rings is 1. The Balaban J connectivity index is 1.70. The zero-order valence-electron chi connectivity index (χ0n) is 14.7. The van der Waals surface area contributed by atoms with E-state index in [0.717, 1.165) is 11.6 Å². The summed E-state index contributed by atoms with van der Waals surface area (Å²) >= 11 is 5.79. The molecule has 0 bridgehead atoms. The van der Waals surface area contributed by atoms with Crippen molar-refractivity contribution in [3.63, 3.8) is 0 Å². The number of nitro benzene ring substituents is 1. The van der Waals surface area contributed by atoms with Gasteiger partial charge < -0.3 is 0 Å². The van der Waals surface area contributed by atoms with E-state index in [1.807, 2.05) is 6.07 Å². The monoisotopic (exact) mass is 410 g/mol. The third kappa shape index (κ3) is 4.44. The van der Waals surface area contributed by atoms with Crippen molar-refractivity contribution in [2.45, 2.75) is 18.4 Å². The number of sulfonamides is 1. The van der Waals surface area contributed by atoms with Gasteiger partial charge in [0.1, 0.15) is 5.15 Å². The summed E-state index contributed by atoms with van der Waals surface area (Å²) in [5, 5.41) is 11.4. The summed E-state index contributed by atoms with van der Waals surface area (Å²) in [4.78, 5) is 16.6. The van der Waals surface area contributed by atoms with Gasteiger partial charge in [-0.05, 0) is 24.1 Å². The van der Waals surface area contributed by atoms with Gasteiger partial charge in [-0.25, -0.2) is 13.4 Å². The average molecular weight is 411 g/mol. The van der Waals surface area contributed by atoms with Crippen molar-refractivity contribution in [1.29, 1.82) is 0 Å². The predicted molar refractivity (Wildman–Crippen MR) is 101 cm³/mol. The molecule has 3 rings (SSSR count). The minimum Gasteiger partial charge on any atom is -0.296 e. The molecule has 1 aromatic heterocycles. The standard InChI is InChI=1S/C17H19ClN4O4S/c1-13-2-4-15(22(23)24)10-16(13)27(25,26)21-8-6-20(7-9-21)12-14-3-5-17(18)19-11-14/h2-5,10-11H,6-9,12H2,1H3. The van der Waals surface area contributed by atoms with Crippen LogP contribution in [0.25, 0.3) is 0 Å². The van der Waals surface area contributed by atoms with Gasteiger partial charge in [0.05, 0.1) is 9.82 Å². The van der Waals surface area contributed by atoms with E-state index in [1.54, 1.807) is 19.2 Å². The van der Waals surface area contributed by atoms with Crippen molar-refractivity contribution < 1.29 is 13.3 Å². The van der Waals surface area contributed by atoms with Crippen LogP contribution >= 0.6 is 11.6 Å². The largest absolute Gasteiger partial charge is 0.296 e. The molecule has 0 atom stereocenters. The first kappa shape index (κ1) is 19.7. The van der Waals surface area contributed by atoms with Gasteiger partial charge in [-0.3, -0.25) is 15.0 Å². The van der Waals surface area contributed by atoms with E-state index in [9.17, 15) is 18.5 Å². The van der Waals surface area contributed by atoms with Crippen LogP contribution < -0.4 is 0 Å². The predicted octanol–water partition coefficient (Wildman–Crippen LogP) is 2.46. The molecule has 0 aliphatic carbocycles. The number of piperazine rings is 1. The SMILES string of the molecule is Cc1ccc([N+](=O)[O-])cc1S(=O)(=O)N1CCN(Cc2ccc(Cl)nc2)CC1. The van der Waals surface area contributed by atoms with Crippen LogP contribution in [0.15, 0.2) is 41.4 Å². The van der Waals surface area contributed by atoms with E-state index in [1.165, 1.54) is 16.4 Å². The highest BCUT2D eigenvalue weighted by Gasteiger charge is 2.30. The first-order valence-electron chi connectivity index (χ1n) is 8.35. The number of nitro groups is 1. The van der Waals surface area contributed by atoms with Gasteiger partial charge in [0.15, 0.2) is 0 Å². The molecule has 10 heteroatoms.